The summed E-state index contributed by atoms with van der Waals surface area (Å²) in [6.45, 7) is 1.66. The van der Waals surface area contributed by atoms with E-state index in [-0.39, 0.29) is 11.6 Å². The van der Waals surface area contributed by atoms with E-state index in [0.717, 1.165) is 5.52 Å². The Morgan fingerprint density at radius 1 is 1.28 bits per heavy atom. The van der Waals surface area contributed by atoms with Crippen LogP contribution in [0.1, 0.15) is 11.1 Å². The quantitative estimate of drug-likeness (QED) is 0.383. The van der Waals surface area contributed by atoms with Gasteiger partial charge in [-0.3, -0.25) is 20.0 Å². The van der Waals surface area contributed by atoms with Crippen LogP contribution in [0.2, 0.25) is 0 Å². The van der Waals surface area contributed by atoms with Gasteiger partial charge in [-0.1, -0.05) is 5.21 Å². The Labute approximate surface area is 140 Å². The standard InChI is InChI=1S/C16H12N6O3/c1-8-6-9(2-5-13(8)22(24)25)17-7-10-14-11(18-16(10)23)3-4-12-15(14)20-21-19-12/h2-7,17H,1H3,(H,18,23)(H,19,20,21)/b10-7+. The number of amides is 1. The summed E-state index contributed by atoms with van der Waals surface area (Å²) in [6, 6.07) is 8.25. The molecule has 9 nitrogen and oxygen atoms in total. The van der Waals surface area contributed by atoms with Crippen molar-refractivity contribution in [1.29, 1.82) is 0 Å². The minimum atomic E-state index is -0.431. The first-order valence-electron chi connectivity index (χ1n) is 7.42. The number of carbonyl (C=O) groups excluding carboxylic acids is 1. The second-order valence-corrected chi connectivity index (χ2v) is 5.61. The van der Waals surface area contributed by atoms with Crippen LogP contribution in [0.4, 0.5) is 17.1 Å². The molecule has 3 aromatic rings. The number of nitro groups is 1. The van der Waals surface area contributed by atoms with E-state index in [0.29, 0.717) is 33.6 Å². The van der Waals surface area contributed by atoms with Gasteiger partial charge in [0.2, 0.25) is 0 Å². The molecule has 3 N–H and O–H groups in total. The Hall–Kier alpha value is -3.75. The highest BCUT2D eigenvalue weighted by molar-refractivity contribution is 6.34. The van der Waals surface area contributed by atoms with Crippen LogP contribution in [0.25, 0.3) is 16.6 Å². The fourth-order valence-corrected chi connectivity index (χ4v) is 2.84. The predicted octanol–water partition coefficient (Wildman–Crippen LogP) is 2.58. The molecule has 0 bridgehead atoms. The number of carbonyl (C=O) groups is 1. The first-order chi connectivity index (χ1) is 12.0. The van der Waals surface area contributed by atoms with E-state index in [9.17, 15) is 14.9 Å². The fraction of sp³-hybridized carbons (Fsp3) is 0.0625. The molecule has 0 fully saturated rings. The number of nitrogens with one attached hydrogen (secondary N) is 3. The molecule has 9 heteroatoms. The van der Waals surface area contributed by atoms with Crippen molar-refractivity contribution in [1.82, 2.24) is 15.4 Å². The molecule has 2 aromatic carbocycles. The number of hydrogen-bond acceptors (Lipinski definition) is 6. The summed E-state index contributed by atoms with van der Waals surface area (Å²) in [5.41, 5.74) is 4.31. The maximum Gasteiger partial charge on any atom is 0.272 e. The number of benzene rings is 2. The Bertz CT molecular complexity index is 1070. The van der Waals surface area contributed by atoms with E-state index in [4.69, 9.17) is 0 Å². The van der Waals surface area contributed by atoms with Crippen LogP contribution in [0, 0.1) is 17.0 Å². The third-order valence-corrected chi connectivity index (χ3v) is 4.04. The van der Waals surface area contributed by atoms with Crippen LogP contribution in [-0.4, -0.2) is 26.2 Å². The second-order valence-electron chi connectivity index (χ2n) is 5.61. The molecule has 0 saturated heterocycles. The molecule has 0 saturated carbocycles. The lowest BCUT2D eigenvalue weighted by atomic mass is 10.1. The Morgan fingerprint density at radius 2 is 2.12 bits per heavy atom. The first kappa shape index (κ1) is 14.8. The highest BCUT2D eigenvalue weighted by atomic mass is 16.6. The lowest BCUT2D eigenvalue weighted by molar-refractivity contribution is -0.385. The van der Waals surface area contributed by atoms with Gasteiger partial charge in [-0.25, -0.2) is 0 Å². The molecule has 0 spiro atoms. The molecule has 1 aliphatic heterocycles. The number of aryl methyl sites for hydroxylation is 1. The van der Waals surface area contributed by atoms with E-state index in [1.54, 1.807) is 37.4 Å². The maximum atomic E-state index is 12.3. The van der Waals surface area contributed by atoms with Crippen molar-refractivity contribution in [2.45, 2.75) is 6.92 Å². The number of aromatic nitrogens is 3. The van der Waals surface area contributed by atoms with Crippen LogP contribution >= 0.6 is 0 Å². The van der Waals surface area contributed by atoms with E-state index < -0.39 is 4.92 Å². The van der Waals surface area contributed by atoms with Crippen LogP contribution in [0.3, 0.4) is 0 Å². The summed E-state index contributed by atoms with van der Waals surface area (Å²) < 4.78 is 0. The number of fused-ring (bicyclic) bond motifs is 3. The van der Waals surface area contributed by atoms with Crippen molar-refractivity contribution < 1.29 is 9.72 Å². The van der Waals surface area contributed by atoms with Crippen molar-refractivity contribution in [3.8, 4) is 0 Å². The van der Waals surface area contributed by atoms with E-state index >= 15 is 0 Å². The second kappa shape index (κ2) is 5.41. The average molecular weight is 336 g/mol. The summed E-state index contributed by atoms with van der Waals surface area (Å²) in [5.74, 6) is -0.253. The van der Waals surface area contributed by atoms with Gasteiger partial charge in [-0.05, 0) is 31.2 Å². The van der Waals surface area contributed by atoms with Gasteiger partial charge in [0.25, 0.3) is 11.6 Å². The van der Waals surface area contributed by atoms with Gasteiger partial charge in [0, 0.05) is 29.1 Å². The molecule has 25 heavy (non-hydrogen) atoms. The normalized spacial score (nSPS) is 14.6. The smallest absolute Gasteiger partial charge is 0.272 e. The molecule has 0 radical (unpaired) electrons. The van der Waals surface area contributed by atoms with Crippen LogP contribution in [0.15, 0.2) is 36.5 Å². The summed E-state index contributed by atoms with van der Waals surface area (Å²) >= 11 is 0. The molecule has 1 amide bonds. The molecule has 1 aliphatic rings. The molecule has 0 atom stereocenters. The number of nitro benzene ring substituents is 1. The summed E-state index contributed by atoms with van der Waals surface area (Å²) in [4.78, 5) is 22.7. The zero-order chi connectivity index (χ0) is 17.6. The molecule has 0 unspecified atom stereocenters. The van der Waals surface area contributed by atoms with Crippen LogP contribution in [0.5, 0.6) is 0 Å². The minimum Gasteiger partial charge on any atom is -0.361 e. The molecule has 4 rings (SSSR count). The van der Waals surface area contributed by atoms with Crippen LogP contribution < -0.4 is 10.6 Å². The van der Waals surface area contributed by atoms with Gasteiger partial charge in [-0.15, -0.1) is 5.10 Å². The zero-order valence-corrected chi connectivity index (χ0v) is 13.0. The van der Waals surface area contributed by atoms with E-state index in [1.165, 1.54) is 6.07 Å². The van der Waals surface area contributed by atoms with Gasteiger partial charge in [0.15, 0.2) is 0 Å². The Kier molecular flexibility index (Phi) is 3.21. The van der Waals surface area contributed by atoms with Crippen molar-refractivity contribution in [3.05, 3.63) is 57.8 Å². The van der Waals surface area contributed by atoms with Gasteiger partial charge in [0.1, 0.15) is 5.52 Å². The fourth-order valence-electron chi connectivity index (χ4n) is 2.84. The average Bonchev–Trinajstić information content (AvgIpc) is 3.15. The molecule has 0 aliphatic carbocycles. The van der Waals surface area contributed by atoms with Crippen LogP contribution in [-0.2, 0) is 4.79 Å². The number of aromatic amines is 1. The number of rotatable bonds is 3. The van der Waals surface area contributed by atoms with Gasteiger partial charge < -0.3 is 10.6 Å². The van der Waals surface area contributed by atoms with E-state index in [1.807, 2.05) is 0 Å². The monoisotopic (exact) mass is 336 g/mol. The lowest BCUT2D eigenvalue weighted by Crippen LogP contribution is -2.05. The van der Waals surface area contributed by atoms with Crippen molar-refractivity contribution in [2.24, 2.45) is 0 Å². The highest BCUT2D eigenvalue weighted by Crippen LogP contribution is 2.36. The first-order valence-corrected chi connectivity index (χ1v) is 7.42. The minimum absolute atomic E-state index is 0.0477. The number of anilines is 2. The summed E-state index contributed by atoms with van der Waals surface area (Å²) in [5, 5.41) is 27.3. The molecule has 1 aromatic heterocycles. The van der Waals surface area contributed by atoms with Gasteiger partial charge >= 0.3 is 0 Å². The maximum absolute atomic E-state index is 12.3. The highest BCUT2D eigenvalue weighted by Gasteiger charge is 2.27. The van der Waals surface area contributed by atoms with Crippen molar-refractivity contribution >= 4 is 39.6 Å². The summed E-state index contributed by atoms with van der Waals surface area (Å²) in [6.07, 6.45) is 1.57. The number of hydrogen-bond donors (Lipinski definition) is 3. The lowest BCUT2D eigenvalue weighted by Gasteiger charge is -2.04. The van der Waals surface area contributed by atoms with Gasteiger partial charge in [-0.2, -0.15) is 0 Å². The topological polar surface area (TPSA) is 126 Å². The predicted molar refractivity (Wildman–Crippen MR) is 92.0 cm³/mol. The Morgan fingerprint density at radius 3 is 2.88 bits per heavy atom. The third-order valence-electron chi connectivity index (χ3n) is 4.04. The Balaban J connectivity index is 1.71. The molecular weight excluding hydrogens is 324 g/mol. The van der Waals surface area contributed by atoms with Crippen molar-refractivity contribution in [2.75, 3.05) is 10.6 Å². The van der Waals surface area contributed by atoms with E-state index in [2.05, 4.69) is 26.0 Å². The SMILES string of the molecule is Cc1cc(N/C=C2/C(=O)Nc3ccc4[nH]nnc4c32)ccc1[N+](=O)[O-]. The largest absolute Gasteiger partial charge is 0.361 e. The van der Waals surface area contributed by atoms with Crippen molar-refractivity contribution in [3.63, 3.8) is 0 Å². The zero-order valence-electron chi connectivity index (χ0n) is 13.0. The third kappa shape index (κ3) is 2.38. The van der Waals surface area contributed by atoms with Gasteiger partial charge in [0.05, 0.1) is 21.7 Å². The molecule has 2 heterocycles. The number of nitrogens with zero attached hydrogens (tertiary/aromatic N) is 3. The molecular formula is C16H12N6O3. The summed E-state index contributed by atoms with van der Waals surface area (Å²) in [7, 11) is 0. The molecule has 124 valence electrons. The number of H-pyrrole nitrogens is 1.